The summed E-state index contributed by atoms with van der Waals surface area (Å²) in [6.45, 7) is 2.84. The number of nitrogens with zero attached hydrogens (tertiary/aromatic N) is 4. The van der Waals surface area contributed by atoms with E-state index in [0.717, 1.165) is 37.6 Å². The molecular formula is C20H44N14. The highest BCUT2D eigenvalue weighted by Gasteiger charge is 2.01. The molecule has 14 heteroatoms. The summed E-state index contributed by atoms with van der Waals surface area (Å²) in [5, 5.41) is 29.2. The van der Waals surface area contributed by atoms with E-state index >= 15 is 0 Å². The highest BCUT2D eigenvalue weighted by atomic mass is 15.8. The Balaban J connectivity index is 0. The fraction of sp³-hybridized carbons (Fsp3) is 0.700. The monoisotopic (exact) mass is 480 g/mol. The number of hydrazone groups is 2. The molecule has 2 heterocycles. The number of nitriles is 2. The summed E-state index contributed by atoms with van der Waals surface area (Å²) in [5.41, 5.74) is 26.1. The van der Waals surface area contributed by atoms with Crippen LogP contribution in [-0.4, -0.2) is 51.9 Å². The minimum absolute atomic E-state index is 0.472. The Morgan fingerprint density at radius 1 is 0.824 bits per heavy atom. The maximum Gasteiger partial charge on any atom is 0.140 e. The van der Waals surface area contributed by atoms with Crippen molar-refractivity contribution in [3.05, 3.63) is 12.2 Å². The number of allylic oxidation sites excluding steroid dienone is 2. The van der Waals surface area contributed by atoms with Crippen molar-refractivity contribution in [2.45, 2.75) is 51.4 Å². The van der Waals surface area contributed by atoms with Gasteiger partial charge in [0.15, 0.2) is 0 Å². The molecule has 0 aromatic rings. The van der Waals surface area contributed by atoms with Gasteiger partial charge in [0.25, 0.3) is 0 Å². The van der Waals surface area contributed by atoms with Crippen LogP contribution in [0, 0.1) is 22.7 Å². The van der Waals surface area contributed by atoms with Crippen molar-refractivity contribution in [1.29, 1.82) is 10.5 Å². The molecule has 3 aliphatic rings. The second-order valence-corrected chi connectivity index (χ2v) is 6.70. The summed E-state index contributed by atoms with van der Waals surface area (Å²) < 4.78 is 0. The van der Waals surface area contributed by atoms with Gasteiger partial charge in [-0.15, -0.1) is 21.3 Å². The number of rotatable bonds is 8. The molecule has 14 nitrogen and oxygen atoms in total. The van der Waals surface area contributed by atoms with Gasteiger partial charge in [-0.25, -0.2) is 11.1 Å². The lowest BCUT2D eigenvalue weighted by Gasteiger charge is -1.97. The Bertz CT molecular complexity index is 597. The van der Waals surface area contributed by atoms with E-state index in [1.54, 1.807) is 0 Å². The minimum atomic E-state index is 0.472. The van der Waals surface area contributed by atoms with Gasteiger partial charge in [-0.3, -0.25) is 10.9 Å². The first-order chi connectivity index (χ1) is 16.7. The number of nitrogens with two attached hydrogens (primary N) is 2. The summed E-state index contributed by atoms with van der Waals surface area (Å²) in [6, 6.07) is 3.90. The van der Waals surface area contributed by atoms with Crippen LogP contribution in [-0.2, 0) is 0 Å². The lowest BCUT2D eigenvalue weighted by atomic mass is 10.1. The Morgan fingerprint density at radius 2 is 1.35 bits per heavy atom. The summed E-state index contributed by atoms with van der Waals surface area (Å²) >= 11 is 0. The Kier molecular flexibility index (Phi) is 29.3. The Morgan fingerprint density at radius 3 is 1.62 bits per heavy atom. The Hall–Kier alpha value is -2.98. The molecule has 0 amide bonds. The van der Waals surface area contributed by atoms with Crippen LogP contribution in [0.4, 0.5) is 0 Å². The van der Waals surface area contributed by atoms with Crippen molar-refractivity contribution in [3.8, 4) is 12.1 Å². The van der Waals surface area contributed by atoms with E-state index in [-0.39, 0.29) is 0 Å². The smallest absolute Gasteiger partial charge is 0.140 e. The molecule has 0 saturated carbocycles. The molecule has 0 saturated heterocycles. The largest absolute Gasteiger partial charge is 0.330 e. The fourth-order valence-corrected chi connectivity index (χ4v) is 2.07. The van der Waals surface area contributed by atoms with Crippen molar-refractivity contribution in [2.24, 2.45) is 21.7 Å². The molecule has 0 radical (unpaired) electrons. The van der Waals surface area contributed by atoms with Crippen molar-refractivity contribution >= 4 is 11.7 Å². The number of hydrogen-bond donors (Lipinski definition) is 10. The standard InChI is InChI=1S/C6H10.C4H11N5.C4H8N2.C3H9N5.C3H6N2/c1-2-4-6-5-3-1;1-5-3-2-4-6-8-9-7-4;1-6-4-2-3-5;4-2-1-3-5-7-8-6-3;4-2-1-3-5/h1-2H,3-6H2;5,8-9H,2-3H2,1H3,(H,6,7);6H,2,4H2,1H3;7-8H,1-2,4H2,(H,5,6);1-2,4H2. The van der Waals surface area contributed by atoms with E-state index in [1.165, 1.54) is 25.7 Å². The zero-order chi connectivity index (χ0) is 25.5. The fourth-order valence-electron chi connectivity index (χ4n) is 2.07. The molecule has 1 aliphatic carbocycles. The maximum atomic E-state index is 7.91. The number of hydrazine groups is 4. The van der Waals surface area contributed by atoms with Gasteiger partial charge in [0.05, 0.1) is 12.1 Å². The highest BCUT2D eigenvalue weighted by Crippen LogP contribution is 2.07. The lowest BCUT2D eigenvalue weighted by Crippen LogP contribution is -2.35. The Labute approximate surface area is 203 Å². The van der Waals surface area contributed by atoms with Crippen molar-refractivity contribution in [2.75, 3.05) is 40.3 Å². The minimum Gasteiger partial charge on any atom is -0.330 e. The first-order valence-corrected chi connectivity index (χ1v) is 11.4. The van der Waals surface area contributed by atoms with E-state index in [1.807, 2.05) is 26.2 Å². The molecule has 194 valence electrons. The summed E-state index contributed by atoms with van der Waals surface area (Å²) in [6.07, 6.45) is 12.8. The van der Waals surface area contributed by atoms with Gasteiger partial charge in [0.2, 0.25) is 0 Å². The number of amidine groups is 2. The van der Waals surface area contributed by atoms with E-state index in [0.29, 0.717) is 25.9 Å². The molecule has 0 unspecified atom stereocenters. The zero-order valence-corrected chi connectivity index (χ0v) is 20.6. The van der Waals surface area contributed by atoms with Gasteiger partial charge in [-0.05, 0) is 46.3 Å². The molecule has 2 aliphatic heterocycles. The van der Waals surface area contributed by atoms with Gasteiger partial charge < -0.3 is 22.1 Å². The van der Waals surface area contributed by atoms with Crippen molar-refractivity contribution < 1.29 is 0 Å². The molecule has 0 aromatic heterocycles. The van der Waals surface area contributed by atoms with E-state index in [2.05, 4.69) is 66.0 Å². The van der Waals surface area contributed by atoms with Crippen LogP contribution in [0.3, 0.4) is 0 Å². The third-order valence-electron chi connectivity index (χ3n) is 3.80. The first-order valence-electron chi connectivity index (χ1n) is 11.4. The summed E-state index contributed by atoms with van der Waals surface area (Å²) in [4.78, 5) is 0. The predicted molar refractivity (Wildman–Crippen MR) is 137 cm³/mol. The average Bonchev–Trinajstić information content (AvgIpc) is 3.60. The van der Waals surface area contributed by atoms with Crippen LogP contribution in [0.15, 0.2) is 22.4 Å². The van der Waals surface area contributed by atoms with Gasteiger partial charge in [0.1, 0.15) is 11.7 Å². The topological polar surface area (TPSA) is 221 Å². The van der Waals surface area contributed by atoms with Crippen molar-refractivity contribution in [1.82, 2.24) is 43.6 Å². The third-order valence-corrected chi connectivity index (χ3v) is 3.80. The molecular weight excluding hydrogens is 436 g/mol. The van der Waals surface area contributed by atoms with Crippen molar-refractivity contribution in [3.63, 3.8) is 0 Å². The summed E-state index contributed by atoms with van der Waals surface area (Å²) in [7, 11) is 3.74. The highest BCUT2D eigenvalue weighted by molar-refractivity contribution is 5.82. The normalized spacial score (nSPS) is 14.3. The SMILES string of the molecule is C1=CCCCC1.CNCCC#N.CNCCC1=NNNN1.N#CCCN.NCCC1=NNNN1. The predicted octanol–water partition coefficient (Wildman–Crippen LogP) is -1.12. The quantitative estimate of drug-likeness (QED) is 0.147. The van der Waals surface area contributed by atoms with E-state index < -0.39 is 0 Å². The molecule has 0 aromatic carbocycles. The average molecular weight is 481 g/mol. The zero-order valence-electron chi connectivity index (χ0n) is 20.6. The number of hydrogen-bond acceptors (Lipinski definition) is 14. The van der Waals surface area contributed by atoms with Gasteiger partial charge in [-0.1, -0.05) is 12.2 Å². The molecule has 0 spiro atoms. The number of nitrogens with one attached hydrogen (secondary N) is 8. The van der Waals surface area contributed by atoms with Crippen LogP contribution >= 0.6 is 0 Å². The molecule has 12 N–H and O–H groups in total. The van der Waals surface area contributed by atoms with Crippen LogP contribution in [0.5, 0.6) is 0 Å². The molecule has 3 rings (SSSR count). The lowest BCUT2D eigenvalue weighted by molar-refractivity contribution is 0.575. The maximum absolute atomic E-state index is 7.91. The van der Waals surface area contributed by atoms with Gasteiger partial charge in [0, 0.05) is 45.3 Å². The van der Waals surface area contributed by atoms with Crippen LogP contribution in [0.2, 0.25) is 0 Å². The molecule has 0 atom stereocenters. The van der Waals surface area contributed by atoms with E-state index in [9.17, 15) is 0 Å². The molecule has 0 bridgehead atoms. The molecule has 34 heavy (non-hydrogen) atoms. The second-order valence-electron chi connectivity index (χ2n) is 6.70. The van der Waals surface area contributed by atoms with Crippen LogP contribution in [0.1, 0.15) is 51.4 Å². The second kappa shape index (κ2) is 30.0. The van der Waals surface area contributed by atoms with Crippen LogP contribution < -0.4 is 55.1 Å². The van der Waals surface area contributed by atoms with Gasteiger partial charge >= 0.3 is 0 Å². The van der Waals surface area contributed by atoms with Gasteiger partial charge in [-0.2, -0.15) is 10.5 Å². The third kappa shape index (κ3) is 27.1. The van der Waals surface area contributed by atoms with E-state index in [4.69, 9.17) is 22.0 Å². The summed E-state index contributed by atoms with van der Waals surface area (Å²) in [5.74, 6) is 1.79. The van der Waals surface area contributed by atoms with Crippen LogP contribution in [0.25, 0.3) is 0 Å². The molecule has 0 fully saturated rings. The first kappa shape index (κ1) is 33.2.